The topological polar surface area (TPSA) is 17.1 Å². The Morgan fingerprint density at radius 3 is 2.17 bits per heavy atom. The van der Waals surface area contributed by atoms with E-state index in [0.717, 1.165) is 0 Å². The summed E-state index contributed by atoms with van der Waals surface area (Å²) in [6.07, 6.45) is 0. The van der Waals surface area contributed by atoms with E-state index < -0.39 is 11.6 Å². The van der Waals surface area contributed by atoms with E-state index >= 15 is 0 Å². The van der Waals surface area contributed by atoms with E-state index in [1.807, 2.05) is 0 Å². The molecular formula is C13H6Cl3FO. The molecule has 0 saturated carbocycles. The number of hydrogen-bond acceptors (Lipinski definition) is 1. The Hall–Kier alpha value is -1.09. The Balaban J connectivity index is 2.55. The molecule has 0 N–H and O–H groups in total. The first kappa shape index (κ1) is 13.3. The van der Waals surface area contributed by atoms with Gasteiger partial charge in [-0.1, -0.05) is 40.9 Å². The molecule has 2 aromatic carbocycles. The Kier molecular flexibility index (Phi) is 3.91. The number of hydrogen-bond donors (Lipinski definition) is 0. The first-order valence-corrected chi connectivity index (χ1v) is 6.07. The maximum absolute atomic E-state index is 13.6. The highest BCUT2D eigenvalue weighted by Crippen LogP contribution is 2.25. The average molecular weight is 304 g/mol. The normalized spacial score (nSPS) is 10.4. The summed E-state index contributed by atoms with van der Waals surface area (Å²) in [5, 5.41) is 0.660. The lowest BCUT2D eigenvalue weighted by molar-refractivity contribution is 0.103. The molecule has 0 aliphatic rings. The summed E-state index contributed by atoms with van der Waals surface area (Å²) in [4.78, 5) is 12.2. The summed E-state index contributed by atoms with van der Waals surface area (Å²) in [7, 11) is 0. The lowest BCUT2D eigenvalue weighted by Gasteiger charge is -2.06. The zero-order valence-corrected chi connectivity index (χ0v) is 11.2. The van der Waals surface area contributed by atoms with E-state index in [-0.39, 0.29) is 16.1 Å². The Bertz CT molecular complexity index is 585. The van der Waals surface area contributed by atoms with Crippen molar-refractivity contribution in [2.24, 2.45) is 0 Å². The molecule has 0 fully saturated rings. The quantitative estimate of drug-likeness (QED) is 0.712. The molecule has 0 aliphatic carbocycles. The first-order valence-electron chi connectivity index (χ1n) is 4.94. The fraction of sp³-hybridized carbons (Fsp3) is 0. The molecule has 0 spiro atoms. The van der Waals surface area contributed by atoms with E-state index in [9.17, 15) is 9.18 Å². The number of rotatable bonds is 2. The van der Waals surface area contributed by atoms with Gasteiger partial charge in [0.2, 0.25) is 0 Å². The van der Waals surface area contributed by atoms with Gasteiger partial charge in [-0.15, -0.1) is 0 Å². The third kappa shape index (κ3) is 2.66. The maximum Gasteiger partial charge on any atom is 0.197 e. The molecule has 0 radical (unpaired) electrons. The predicted molar refractivity (Wildman–Crippen MR) is 71.3 cm³/mol. The fourth-order valence-electron chi connectivity index (χ4n) is 1.54. The van der Waals surface area contributed by atoms with Crippen LogP contribution in [0.3, 0.4) is 0 Å². The van der Waals surface area contributed by atoms with E-state index in [1.165, 1.54) is 36.4 Å². The van der Waals surface area contributed by atoms with Crippen molar-refractivity contribution in [1.29, 1.82) is 0 Å². The van der Waals surface area contributed by atoms with Crippen LogP contribution in [0.1, 0.15) is 15.9 Å². The van der Waals surface area contributed by atoms with Crippen LogP contribution in [0.2, 0.25) is 15.1 Å². The van der Waals surface area contributed by atoms with Gasteiger partial charge in [0.15, 0.2) is 5.78 Å². The van der Waals surface area contributed by atoms with E-state index in [4.69, 9.17) is 34.8 Å². The van der Waals surface area contributed by atoms with Crippen LogP contribution >= 0.6 is 34.8 Å². The second-order valence-electron chi connectivity index (χ2n) is 3.58. The highest BCUT2D eigenvalue weighted by atomic mass is 35.5. The van der Waals surface area contributed by atoms with E-state index in [2.05, 4.69) is 0 Å². The standard InChI is InChI=1S/C13H6Cl3FO/c14-8-4-7(5-9(15)6-8)13(18)12-10(16)2-1-3-11(12)17/h1-6H. The van der Waals surface area contributed by atoms with Gasteiger partial charge in [-0.3, -0.25) is 4.79 Å². The summed E-state index contributed by atoms with van der Waals surface area (Å²) in [5.74, 6) is -1.23. The van der Waals surface area contributed by atoms with Crippen molar-refractivity contribution in [3.63, 3.8) is 0 Å². The van der Waals surface area contributed by atoms with Crippen molar-refractivity contribution in [3.05, 3.63) is 68.4 Å². The highest BCUT2D eigenvalue weighted by molar-refractivity contribution is 6.37. The van der Waals surface area contributed by atoms with Crippen molar-refractivity contribution < 1.29 is 9.18 Å². The van der Waals surface area contributed by atoms with Gasteiger partial charge < -0.3 is 0 Å². The van der Waals surface area contributed by atoms with Crippen molar-refractivity contribution in [3.8, 4) is 0 Å². The molecular weight excluding hydrogens is 297 g/mol. The average Bonchev–Trinajstić information content (AvgIpc) is 2.27. The molecule has 18 heavy (non-hydrogen) atoms. The summed E-state index contributed by atoms with van der Waals surface area (Å²) in [6, 6.07) is 8.37. The Labute approximate surface area is 118 Å². The molecule has 0 bridgehead atoms. The maximum atomic E-state index is 13.6. The smallest absolute Gasteiger partial charge is 0.197 e. The van der Waals surface area contributed by atoms with Gasteiger partial charge in [0.05, 0.1) is 10.6 Å². The molecule has 0 heterocycles. The van der Waals surface area contributed by atoms with Crippen LogP contribution in [0.4, 0.5) is 4.39 Å². The van der Waals surface area contributed by atoms with Gasteiger partial charge in [-0.25, -0.2) is 4.39 Å². The predicted octanol–water partition coefficient (Wildman–Crippen LogP) is 5.02. The van der Waals surface area contributed by atoms with Crippen LogP contribution < -0.4 is 0 Å². The summed E-state index contributed by atoms with van der Waals surface area (Å²) < 4.78 is 13.6. The molecule has 92 valence electrons. The van der Waals surface area contributed by atoms with Crippen LogP contribution in [-0.4, -0.2) is 5.78 Å². The third-order valence-corrected chi connectivity index (χ3v) is 3.07. The highest BCUT2D eigenvalue weighted by Gasteiger charge is 2.18. The zero-order chi connectivity index (χ0) is 13.3. The molecule has 0 unspecified atom stereocenters. The van der Waals surface area contributed by atoms with Crippen LogP contribution in [0, 0.1) is 5.82 Å². The van der Waals surface area contributed by atoms with Gasteiger partial charge in [0, 0.05) is 15.6 Å². The van der Waals surface area contributed by atoms with E-state index in [0.29, 0.717) is 10.0 Å². The zero-order valence-electron chi connectivity index (χ0n) is 8.88. The van der Waals surface area contributed by atoms with Gasteiger partial charge in [0.25, 0.3) is 0 Å². The van der Waals surface area contributed by atoms with Gasteiger partial charge in [0.1, 0.15) is 5.82 Å². The summed E-state index contributed by atoms with van der Waals surface area (Å²) in [5.41, 5.74) is 0.0111. The largest absolute Gasteiger partial charge is 0.288 e. The molecule has 0 aromatic heterocycles. The van der Waals surface area contributed by atoms with Gasteiger partial charge in [-0.05, 0) is 30.3 Å². The summed E-state index contributed by atoms with van der Waals surface area (Å²) in [6.45, 7) is 0. The first-order chi connectivity index (χ1) is 8.49. The second kappa shape index (κ2) is 5.27. The molecule has 2 rings (SSSR count). The minimum absolute atomic E-state index is 0.0519. The van der Waals surface area contributed by atoms with Crippen molar-refractivity contribution >= 4 is 40.6 Å². The lowest BCUT2D eigenvalue weighted by atomic mass is 10.0. The van der Waals surface area contributed by atoms with Crippen LogP contribution in [0.15, 0.2) is 36.4 Å². The minimum Gasteiger partial charge on any atom is -0.288 e. The van der Waals surface area contributed by atoms with Gasteiger partial charge >= 0.3 is 0 Å². The Morgan fingerprint density at radius 1 is 1.00 bits per heavy atom. The summed E-state index contributed by atoms with van der Waals surface area (Å²) >= 11 is 17.4. The van der Waals surface area contributed by atoms with Crippen LogP contribution in [0.5, 0.6) is 0 Å². The van der Waals surface area contributed by atoms with Crippen LogP contribution in [-0.2, 0) is 0 Å². The SMILES string of the molecule is O=C(c1cc(Cl)cc(Cl)c1)c1c(F)cccc1Cl. The molecule has 1 nitrogen and oxygen atoms in total. The van der Waals surface area contributed by atoms with Crippen LogP contribution in [0.25, 0.3) is 0 Å². The number of carbonyl (C=O) groups excluding carboxylic acids is 1. The van der Waals surface area contributed by atoms with Gasteiger partial charge in [-0.2, -0.15) is 0 Å². The minimum atomic E-state index is -0.677. The van der Waals surface area contributed by atoms with Crippen molar-refractivity contribution in [2.75, 3.05) is 0 Å². The number of benzene rings is 2. The lowest BCUT2D eigenvalue weighted by Crippen LogP contribution is -2.05. The molecule has 2 aromatic rings. The number of ketones is 1. The molecule has 5 heteroatoms. The number of halogens is 4. The molecule has 0 atom stereocenters. The van der Waals surface area contributed by atoms with Crippen molar-refractivity contribution in [1.82, 2.24) is 0 Å². The number of carbonyl (C=O) groups is 1. The third-order valence-electron chi connectivity index (χ3n) is 2.31. The molecule has 0 saturated heterocycles. The molecule has 0 amide bonds. The Morgan fingerprint density at radius 2 is 1.61 bits per heavy atom. The van der Waals surface area contributed by atoms with E-state index in [1.54, 1.807) is 0 Å². The second-order valence-corrected chi connectivity index (χ2v) is 4.86. The monoisotopic (exact) mass is 302 g/mol. The molecule has 0 aliphatic heterocycles. The fourth-order valence-corrected chi connectivity index (χ4v) is 2.32. The van der Waals surface area contributed by atoms with Crippen molar-refractivity contribution in [2.45, 2.75) is 0 Å².